The fraction of sp³-hybridized carbons (Fsp3) is 0.600. The smallest absolute Gasteiger partial charge is 0.235 e. The minimum Gasteiger partial charge on any atom is -0.397 e. The molecule has 3 rings (SSSR count). The summed E-state index contributed by atoms with van der Waals surface area (Å²) in [5, 5.41) is 0. The Bertz CT molecular complexity index is 592. The van der Waals surface area contributed by atoms with E-state index in [1.165, 1.54) is 19.3 Å². The molecule has 1 aliphatic carbocycles. The quantitative estimate of drug-likeness (QED) is 0.871. The molecule has 0 bridgehead atoms. The Labute approximate surface area is 121 Å². The van der Waals surface area contributed by atoms with Gasteiger partial charge in [-0.1, -0.05) is 31.4 Å². The lowest BCUT2D eigenvalue weighted by Crippen LogP contribution is -2.34. The highest BCUT2D eigenvalue weighted by Gasteiger charge is 2.33. The number of para-hydroxylation sites is 1. The summed E-state index contributed by atoms with van der Waals surface area (Å²) >= 11 is 0. The van der Waals surface area contributed by atoms with Gasteiger partial charge in [0.2, 0.25) is 10.0 Å². The molecular formula is C15H22N2O2S. The van der Waals surface area contributed by atoms with Crippen LogP contribution in [-0.4, -0.2) is 20.7 Å². The molecular weight excluding hydrogens is 272 g/mol. The average Bonchev–Trinajstić information content (AvgIpc) is 2.85. The first-order valence-corrected chi connectivity index (χ1v) is 9.06. The van der Waals surface area contributed by atoms with Gasteiger partial charge in [-0.25, -0.2) is 8.42 Å². The average molecular weight is 294 g/mol. The molecule has 0 atom stereocenters. The Morgan fingerprint density at radius 2 is 1.95 bits per heavy atom. The van der Waals surface area contributed by atoms with E-state index in [4.69, 9.17) is 5.73 Å². The van der Waals surface area contributed by atoms with Crippen LogP contribution in [0.5, 0.6) is 0 Å². The van der Waals surface area contributed by atoms with Crippen LogP contribution in [0.15, 0.2) is 18.2 Å². The van der Waals surface area contributed by atoms with E-state index in [0.29, 0.717) is 18.2 Å². The zero-order valence-electron chi connectivity index (χ0n) is 11.7. The van der Waals surface area contributed by atoms with Crippen molar-refractivity contribution >= 4 is 21.4 Å². The minimum absolute atomic E-state index is 0.279. The highest BCUT2D eigenvalue weighted by Crippen LogP contribution is 2.37. The minimum atomic E-state index is -3.24. The van der Waals surface area contributed by atoms with E-state index in [9.17, 15) is 8.42 Å². The van der Waals surface area contributed by atoms with Crippen molar-refractivity contribution in [3.63, 3.8) is 0 Å². The van der Waals surface area contributed by atoms with Gasteiger partial charge in [0.1, 0.15) is 0 Å². The molecule has 0 unspecified atom stereocenters. The summed E-state index contributed by atoms with van der Waals surface area (Å²) in [5.74, 6) is 0.601. The van der Waals surface area contributed by atoms with E-state index >= 15 is 0 Å². The second-order valence-corrected chi connectivity index (χ2v) is 7.90. The third-order valence-corrected chi connectivity index (χ3v) is 6.42. The van der Waals surface area contributed by atoms with E-state index in [2.05, 4.69) is 0 Å². The summed E-state index contributed by atoms with van der Waals surface area (Å²) in [6, 6.07) is 5.65. The van der Waals surface area contributed by atoms with E-state index in [1.807, 2.05) is 12.1 Å². The Morgan fingerprint density at radius 3 is 2.70 bits per heavy atom. The molecule has 110 valence electrons. The van der Waals surface area contributed by atoms with Crippen LogP contribution in [-0.2, 0) is 16.4 Å². The number of benzene rings is 1. The van der Waals surface area contributed by atoms with Crippen molar-refractivity contribution in [1.29, 1.82) is 0 Å². The maximum atomic E-state index is 12.7. The molecule has 20 heavy (non-hydrogen) atoms. The van der Waals surface area contributed by atoms with Crippen LogP contribution in [0.2, 0.25) is 0 Å². The first kappa shape index (κ1) is 13.7. The number of sulfonamides is 1. The maximum absolute atomic E-state index is 12.7. The molecule has 0 amide bonds. The third kappa shape index (κ3) is 2.51. The fourth-order valence-electron chi connectivity index (χ4n) is 3.47. The monoisotopic (exact) mass is 294 g/mol. The molecule has 1 aromatic rings. The molecule has 5 heteroatoms. The number of anilines is 2. The van der Waals surface area contributed by atoms with Gasteiger partial charge in [-0.15, -0.1) is 0 Å². The Morgan fingerprint density at radius 1 is 1.20 bits per heavy atom. The molecule has 1 aromatic carbocycles. The number of fused-ring (bicyclic) bond motifs is 1. The van der Waals surface area contributed by atoms with Gasteiger partial charge in [0, 0.05) is 6.54 Å². The maximum Gasteiger partial charge on any atom is 0.235 e. The summed E-state index contributed by atoms with van der Waals surface area (Å²) in [5.41, 5.74) is 8.34. The first-order valence-electron chi connectivity index (χ1n) is 7.46. The number of hydrogen-bond donors (Lipinski definition) is 1. The van der Waals surface area contributed by atoms with Crippen LogP contribution in [0.25, 0.3) is 0 Å². The molecule has 0 spiro atoms. The van der Waals surface area contributed by atoms with E-state index in [-0.39, 0.29) is 5.75 Å². The van der Waals surface area contributed by atoms with Gasteiger partial charge in [-0.05, 0) is 36.8 Å². The van der Waals surface area contributed by atoms with Crippen molar-refractivity contribution in [2.24, 2.45) is 5.92 Å². The summed E-state index contributed by atoms with van der Waals surface area (Å²) in [7, 11) is -3.24. The summed E-state index contributed by atoms with van der Waals surface area (Å²) in [6.07, 6.45) is 6.44. The van der Waals surface area contributed by atoms with Crippen LogP contribution in [0, 0.1) is 5.92 Å². The molecule has 2 aliphatic rings. The number of nitrogen functional groups attached to an aromatic ring is 1. The second-order valence-electron chi connectivity index (χ2n) is 5.96. The molecule has 0 saturated heterocycles. The lowest BCUT2D eigenvalue weighted by Gasteiger charge is -2.26. The summed E-state index contributed by atoms with van der Waals surface area (Å²) in [4.78, 5) is 0. The van der Waals surface area contributed by atoms with Crippen LogP contribution >= 0.6 is 0 Å². The molecule has 1 fully saturated rings. The highest BCUT2D eigenvalue weighted by molar-refractivity contribution is 7.92. The predicted octanol–water partition coefficient (Wildman–Crippen LogP) is 2.54. The predicted molar refractivity (Wildman–Crippen MR) is 82.3 cm³/mol. The molecule has 0 aromatic heterocycles. The lowest BCUT2D eigenvalue weighted by molar-refractivity contribution is 0.385. The van der Waals surface area contributed by atoms with Gasteiger partial charge >= 0.3 is 0 Å². The van der Waals surface area contributed by atoms with E-state index in [0.717, 1.165) is 30.5 Å². The van der Waals surface area contributed by atoms with E-state index in [1.54, 1.807) is 10.4 Å². The van der Waals surface area contributed by atoms with E-state index < -0.39 is 10.0 Å². The van der Waals surface area contributed by atoms with Gasteiger partial charge in [0.25, 0.3) is 0 Å². The highest BCUT2D eigenvalue weighted by atomic mass is 32.2. The zero-order chi connectivity index (χ0) is 14.2. The van der Waals surface area contributed by atoms with Gasteiger partial charge in [0.15, 0.2) is 0 Å². The zero-order valence-corrected chi connectivity index (χ0v) is 12.5. The standard InChI is InChI=1S/C15H22N2O2S/c16-14-8-4-7-13-9-10-17(15(13)14)20(18,19)11-12-5-2-1-3-6-12/h4,7-8,12H,1-3,5-6,9-11,16H2. The number of rotatable bonds is 3. The number of hydrogen-bond acceptors (Lipinski definition) is 3. The van der Waals surface area contributed by atoms with Crippen molar-refractivity contribution in [2.45, 2.75) is 38.5 Å². The Kier molecular flexibility index (Phi) is 3.63. The molecule has 2 N–H and O–H groups in total. The summed E-state index contributed by atoms with van der Waals surface area (Å²) in [6.45, 7) is 0.540. The molecule has 1 saturated carbocycles. The van der Waals surface area contributed by atoms with Crippen LogP contribution < -0.4 is 10.0 Å². The van der Waals surface area contributed by atoms with Gasteiger partial charge < -0.3 is 5.73 Å². The second kappa shape index (κ2) is 5.28. The lowest BCUT2D eigenvalue weighted by atomic mass is 9.91. The van der Waals surface area contributed by atoms with Crippen LogP contribution in [0.1, 0.15) is 37.7 Å². The Balaban J connectivity index is 1.83. The van der Waals surface area contributed by atoms with Crippen molar-refractivity contribution in [2.75, 3.05) is 22.3 Å². The normalized spacial score (nSPS) is 20.1. The van der Waals surface area contributed by atoms with Crippen molar-refractivity contribution in [3.05, 3.63) is 23.8 Å². The third-order valence-electron chi connectivity index (χ3n) is 4.49. The number of nitrogens with zero attached hydrogens (tertiary/aromatic N) is 1. The Hall–Kier alpha value is -1.23. The van der Waals surface area contributed by atoms with Crippen molar-refractivity contribution in [1.82, 2.24) is 0 Å². The fourth-order valence-corrected chi connectivity index (χ4v) is 5.45. The SMILES string of the molecule is Nc1cccc2c1N(S(=O)(=O)CC1CCCCC1)CC2. The van der Waals surface area contributed by atoms with Crippen molar-refractivity contribution < 1.29 is 8.42 Å². The van der Waals surface area contributed by atoms with Gasteiger partial charge in [-0.3, -0.25) is 4.31 Å². The topological polar surface area (TPSA) is 63.4 Å². The van der Waals surface area contributed by atoms with Gasteiger partial charge in [-0.2, -0.15) is 0 Å². The first-order chi connectivity index (χ1) is 9.58. The summed E-state index contributed by atoms with van der Waals surface area (Å²) < 4.78 is 26.9. The van der Waals surface area contributed by atoms with Crippen LogP contribution in [0.3, 0.4) is 0 Å². The molecule has 1 heterocycles. The van der Waals surface area contributed by atoms with Crippen molar-refractivity contribution in [3.8, 4) is 0 Å². The van der Waals surface area contributed by atoms with Gasteiger partial charge in [0.05, 0.1) is 17.1 Å². The largest absolute Gasteiger partial charge is 0.397 e. The van der Waals surface area contributed by atoms with Crippen LogP contribution in [0.4, 0.5) is 11.4 Å². The molecule has 0 radical (unpaired) electrons. The molecule has 1 aliphatic heterocycles. The molecule has 4 nitrogen and oxygen atoms in total. The number of nitrogens with two attached hydrogens (primary N) is 1.